The highest BCUT2D eigenvalue weighted by Gasteiger charge is 2.18. The first kappa shape index (κ1) is 15.8. The molecule has 0 aliphatic rings. The topological polar surface area (TPSA) is 86.7 Å². The van der Waals surface area contributed by atoms with E-state index in [1.165, 1.54) is 0 Å². The molecule has 1 aromatic heterocycles. The van der Waals surface area contributed by atoms with Crippen LogP contribution >= 0.6 is 0 Å². The number of phenols is 3. The van der Waals surface area contributed by atoms with E-state index in [-0.39, 0.29) is 17.2 Å². The standard InChI is InChI=1S/C21H15NO4/c23-16-7-1-13(2-8-16)19-20(14-3-9-17(24)10-4-14)26-21(22-19)15-5-11-18(25)12-6-15/h1-12,23-25H. The van der Waals surface area contributed by atoms with Gasteiger partial charge in [-0.25, -0.2) is 4.98 Å². The van der Waals surface area contributed by atoms with E-state index in [4.69, 9.17) is 4.42 Å². The normalized spacial score (nSPS) is 10.8. The summed E-state index contributed by atoms with van der Waals surface area (Å²) < 4.78 is 6.01. The maximum atomic E-state index is 9.53. The van der Waals surface area contributed by atoms with E-state index in [2.05, 4.69) is 4.98 Å². The van der Waals surface area contributed by atoms with Gasteiger partial charge in [0.2, 0.25) is 5.89 Å². The van der Waals surface area contributed by atoms with Gasteiger partial charge < -0.3 is 19.7 Å². The Morgan fingerprint density at radius 1 is 0.538 bits per heavy atom. The number of phenolic OH excluding ortho intramolecular Hbond substituents is 3. The molecule has 26 heavy (non-hydrogen) atoms. The van der Waals surface area contributed by atoms with Crippen LogP contribution in [0.5, 0.6) is 17.2 Å². The Morgan fingerprint density at radius 2 is 0.962 bits per heavy atom. The van der Waals surface area contributed by atoms with Gasteiger partial charge >= 0.3 is 0 Å². The van der Waals surface area contributed by atoms with Crippen LogP contribution < -0.4 is 0 Å². The maximum absolute atomic E-state index is 9.53. The van der Waals surface area contributed by atoms with Crippen LogP contribution in [0.15, 0.2) is 77.2 Å². The third-order valence-electron chi connectivity index (χ3n) is 4.01. The lowest BCUT2D eigenvalue weighted by atomic mass is 10.1. The highest BCUT2D eigenvalue weighted by molar-refractivity contribution is 5.79. The van der Waals surface area contributed by atoms with Gasteiger partial charge in [0.25, 0.3) is 0 Å². The molecule has 0 spiro atoms. The first-order chi connectivity index (χ1) is 12.6. The van der Waals surface area contributed by atoms with Crippen molar-refractivity contribution < 1.29 is 19.7 Å². The largest absolute Gasteiger partial charge is 0.508 e. The van der Waals surface area contributed by atoms with Crippen molar-refractivity contribution in [3.8, 4) is 51.3 Å². The molecule has 3 N–H and O–H groups in total. The summed E-state index contributed by atoms with van der Waals surface area (Å²) in [6, 6.07) is 20.0. The molecular weight excluding hydrogens is 330 g/mol. The van der Waals surface area contributed by atoms with Crippen LogP contribution in [0.25, 0.3) is 34.0 Å². The molecule has 1 heterocycles. The van der Waals surface area contributed by atoms with E-state index in [0.717, 1.165) is 16.7 Å². The van der Waals surface area contributed by atoms with Gasteiger partial charge in [-0.05, 0) is 72.8 Å². The molecule has 0 aliphatic carbocycles. The molecular formula is C21H15NO4. The second kappa shape index (κ2) is 6.29. The summed E-state index contributed by atoms with van der Waals surface area (Å²) in [4.78, 5) is 4.62. The summed E-state index contributed by atoms with van der Waals surface area (Å²) in [6.07, 6.45) is 0. The van der Waals surface area contributed by atoms with Gasteiger partial charge in [0.15, 0.2) is 5.76 Å². The molecule has 0 fully saturated rings. The molecule has 0 unspecified atom stereocenters. The number of aromatic nitrogens is 1. The van der Waals surface area contributed by atoms with Gasteiger partial charge in [-0.3, -0.25) is 0 Å². The average Bonchev–Trinajstić information content (AvgIpc) is 3.09. The highest BCUT2D eigenvalue weighted by atomic mass is 16.4. The van der Waals surface area contributed by atoms with Crippen LogP contribution in [0.2, 0.25) is 0 Å². The minimum Gasteiger partial charge on any atom is -0.508 e. The summed E-state index contributed by atoms with van der Waals surface area (Å²) in [6.45, 7) is 0. The van der Waals surface area contributed by atoms with E-state index in [1.54, 1.807) is 72.8 Å². The van der Waals surface area contributed by atoms with Crippen LogP contribution in [-0.4, -0.2) is 20.3 Å². The number of rotatable bonds is 3. The van der Waals surface area contributed by atoms with Crippen molar-refractivity contribution in [3.05, 3.63) is 72.8 Å². The average molecular weight is 345 g/mol. The van der Waals surface area contributed by atoms with Gasteiger partial charge in [-0.15, -0.1) is 0 Å². The minimum atomic E-state index is 0.165. The van der Waals surface area contributed by atoms with Crippen molar-refractivity contribution in [2.24, 2.45) is 0 Å². The first-order valence-corrected chi connectivity index (χ1v) is 7.99. The summed E-state index contributed by atoms with van der Waals surface area (Å²) in [5.74, 6) is 1.47. The number of hydrogen-bond acceptors (Lipinski definition) is 5. The Bertz CT molecular complexity index is 970. The van der Waals surface area contributed by atoms with E-state index in [0.29, 0.717) is 17.3 Å². The zero-order chi connectivity index (χ0) is 18.1. The number of aromatic hydroxyl groups is 3. The maximum Gasteiger partial charge on any atom is 0.227 e. The third-order valence-corrected chi connectivity index (χ3v) is 4.01. The quantitative estimate of drug-likeness (QED) is 0.497. The Labute approximate surface area is 149 Å². The molecule has 3 aromatic carbocycles. The number of nitrogens with zero attached hydrogens (tertiary/aromatic N) is 1. The Morgan fingerprint density at radius 3 is 1.46 bits per heavy atom. The lowest BCUT2D eigenvalue weighted by Gasteiger charge is -2.02. The van der Waals surface area contributed by atoms with Crippen molar-refractivity contribution in [1.29, 1.82) is 0 Å². The van der Waals surface area contributed by atoms with Crippen LogP contribution in [0.3, 0.4) is 0 Å². The van der Waals surface area contributed by atoms with Gasteiger partial charge in [0, 0.05) is 16.7 Å². The Hall–Kier alpha value is -3.73. The van der Waals surface area contributed by atoms with Crippen LogP contribution in [0.4, 0.5) is 0 Å². The zero-order valence-corrected chi connectivity index (χ0v) is 13.6. The lowest BCUT2D eigenvalue weighted by Crippen LogP contribution is -1.82. The molecule has 0 radical (unpaired) electrons. The van der Waals surface area contributed by atoms with Crippen LogP contribution in [0.1, 0.15) is 0 Å². The van der Waals surface area contributed by atoms with Gasteiger partial charge in [0.1, 0.15) is 22.9 Å². The Balaban J connectivity index is 1.88. The molecule has 0 saturated heterocycles. The molecule has 0 aliphatic heterocycles. The van der Waals surface area contributed by atoms with Crippen molar-refractivity contribution in [2.45, 2.75) is 0 Å². The van der Waals surface area contributed by atoms with E-state index in [1.807, 2.05) is 0 Å². The number of hydrogen-bond donors (Lipinski definition) is 3. The smallest absolute Gasteiger partial charge is 0.227 e. The second-order valence-corrected chi connectivity index (χ2v) is 5.84. The predicted octanol–water partition coefficient (Wildman–Crippen LogP) is 4.79. The van der Waals surface area contributed by atoms with E-state index < -0.39 is 0 Å². The van der Waals surface area contributed by atoms with Gasteiger partial charge in [-0.2, -0.15) is 0 Å². The lowest BCUT2D eigenvalue weighted by molar-refractivity contribution is 0.474. The van der Waals surface area contributed by atoms with Crippen molar-refractivity contribution in [2.75, 3.05) is 0 Å². The fourth-order valence-corrected chi connectivity index (χ4v) is 2.67. The molecule has 0 saturated carbocycles. The van der Waals surface area contributed by atoms with Crippen LogP contribution in [0, 0.1) is 0 Å². The minimum absolute atomic E-state index is 0.165. The molecule has 4 aromatic rings. The number of oxazole rings is 1. The van der Waals surface area contributed by atoms with Crippen LogP contribution in [-0.2, 0) is 0 Å². The highest BCUT2D eigenvalue weighted by Crippen LogP contribution is 2.37. The van der Waals surface area contributed by atoms with E-state index >= 15 is 0 Å². The molecule has 0 amide bonds. The third kappa shape index (κ3) is 2.98. The van der Waals surface area contributed by atoms with Crippen molar-refractivity contribution in [1.82, 2.24) is 4.98 Å². The molecule has 4 rings (SSSR count). The van der Waals surface area contributed by atoms with Gasteiger partial charge in [0.05, 0.1) is 0 Å². The first-order valence-electron chi connectivity index (χ1n) is 7.99. The zero-order valence-electron chi connectivity index (χ0n) is 13.6. The van der Waals surface area contributed by atoms with E-state index in [9.17, 15) is 15.3 Å². The van der Waals surface area contributed by atoms with Crippen molar-refractivity contribution in [3.63, 3.8) is 0 Å². The van der Waals surface area contributed by atoms with Crippen molar-refractivity contribution >= 4 is 0 Å². The molecule has 5 heteroatoms. The molecule has 5 nitrogen and oxygen atoms in total. The summed E-state index contributed by atoms with van der Waals surface area (Å²) in [7, 11) is 0. The summed E-state index contributed by atoms with van der Waals surface area (Å²) >= 11 is 0. The summed E-state index contributed by atoms with van der Waals surface area (Å²) in [5.41, 5.74) is 2.91. The summed E-state index contributed by atoms with van der Waals surface area (Å²) in [5, 5.41) is 28.5. The molecule has 0 atom stereocenters. The van der Waals surface area contributed by atoms with Gasteiger partial charge in [-0.1, -0.05) is 0 Å². The predicted molar refractivity (Wildman–Crippen MR) is 97.8 cm³/mol. The number of benzene rings is 3. The Kier molecular flexibility index (Phi) is 3.82. The fraction of sp³-hybridized carbons (Fsp3) is 0. The molecule has 128 valence electrons. The second-order valence-electron chi connectivity index (χ2n) is 5.84. The molecule has 0 bridgehead atoms. The monoisotopic (exact) mass is 345 g/mol. The SMILES string of the molecule is Oc1ccc(-c2nc(-c3ccc(O)cc3)c(-c3ccc(O)cc3)o2)cc1. The fourth-order valence-electron chi connectivity index (χ4n) is 2.67.